The van der Waals surface area contributed by atoms with E-state index in [1.54, 1.807) is 36.7 Å². The van der Waals surface area contributed by atoms with E-state index in [1.807, 2.05) is 9.58 Å². The standard InChI is InChI=1S/C18H15FN4O2/c19-14-5-3-12(4-6-14)9-23-16-11-22(10-13(16)8-21-23)17-15(18(24)25)2-1-7-20-17/h1-8H,9-11H2,(H,24,25). The highest BCUT2D eigenvalue weighted by Gasteiger charge is 2.27. The quantitative estimate of drug-likeness (QED) is 0.792. The number of pyridine rings is 1. The summed E-state index contributed by atoms with van der Waals surface area (Å²) in [6, 6.07) is 9.50. The van der Waals surface area contributed by atoms with Gasteiger partial charge in [0.25, 0.3) is 0 Å². The highest BCUT2D eigenvalue weighted by molar-refractivity contribution is 5.93. The van der Waals surface area contributed by atoms with E-state index in [-0.39, 0.29) is 11.4 Å². The molecule has 3 heterocycles. The average molecular weight is 338 g/mol. The van der Waals surface area contributed by atoms with Gasteiger partial charge in [-0.15, -0.1) is 0 Å². The van der Waals surface area contributed by atoms with Gasteiger partial charge in [-0.2, -0.15) is 5.10 Å². The highest BCUT2D eigenvalue weighted by Crippen LogP contribution is 2.29. The Labute approximate surface area is 143 Å². The number of hydrogen-bond acceptors (Lipinski definition) is 4. The third-order valence-electron chi connectivity index (χ3n) is 4.30. The molecule has 1 aromatic carbocycles. The molecule has 0 fully saturated rings. The van der Waals surface area contributed by atoms with Crippen LogP contribution in [0.2, 0.25) is 0 Å². The molecule has 1 aliphatic heterocycles. The number of carboxylic acid groups (broad SMARTS) is 1. The van der Waals surface area contributed by atoms with Crippen molar-refractivity contribution in [3.8, 4) is 0 Å². The summed E-state index contributed by atoms with van der Waals surface area (Å²) < 4.78 is 14.9. The second-order valence-electron chi connectivity index (χ2n) is 5.94. The molecule has 6 nitrogen and oxygen atoms in total. The van der Waals surface area contributed by atoms with Gasteiger partial charge < -0.3 is 10.0 Å². The van der Waals surface area contributed by atoms with Gasteiger partial charge >= 0.3 is 5.97 Å². The number of rotatable bonds is 4. The zero-order valence-electron chi connectivity index (χ0n) is 13.3. The Balaban J connectivity index is 1.59. The van der Waals surface area contributed by atoms with Crippen LogP contribution in [0.4, 0.5) is 10.2 Å². The summed E-state index contributed by atoms with van der Waals surface area (Å²) in [7, 11) is 0. The Kier molecular flexibility index (Phi) is 3.68. The molecule has 0 saturated carbocycles. The van der Waals surface area contributed by atoms with Gasteiger partial charge in [-0.3, -0.25) is 4.68 Å². The first-order valence-electron chi connectivity index (χ1n) is 7.83. The van der Waals surface area contributed by atoms with E-state index in [0.29, 0.717) is 25.5 Å². The van der Waals surface area contributed by atoms with Gasteiger partial charge in [0.05, 0.1) is 25.0 Å². The van der Waals surface area contributed by atoms with Crippen molar-refractivity contribution in [1.29, 1.82) is 0 Å². The van der Waals surface area contributed by atoms with Crippen molar-refractivity contribution in [2.24, 2.45) is 0 Å². The highest BCUT2D eigenvalue weighted by atomic mass is 19.1. The molecule has 0 unspecified atom stereocenters. The molecule has 3 aromatic rings. The lowest BCUT2D eigenvalue weighted by atomic mass is 10.2. The number of aromatic carboxylic acids is 1. The van der Waals surface area contributed by atoms with Gasteiger partial charge in [-0.1, -0.05) is 12.1 Å². The van der Waals surface area contributed by atoms with Crippen molar-refractivity contribution in [1.82, 2.24) is 14.8 Å². The summed E-state index contributed by atoms with van der Waals surface area (Å²) in [5.41, 5.74) is 3.20. The Hall–Kier alpha value is -3.22. The van der Waals surface area contributed by atoms with E-state index >= 15 is 0 Å². The Bertz CT molecular complexity index is 937. The lowest BCUT2D eigenvalue weighted by Gasteiger charge is -2.19. The van der Waals surface area contributed by atoms with Crippen molar-refractivity contribution in [3.63, 3.8) is 0 Å². The zero-order chi connectivity index (χ0) is 17.4. The number of halogens is 1. The minimum Gasteiger partial charge on any atom is -0.478 e. The average Bonchev–Trinajstić information content (AvgIpc) is 3.19. The summed E-state index contributed by atoms with van der Waals surface area (Å²) in [4.78, 5) is 17.6. The van der Waals surface area contributed by atoms with Gasteiger partial charge in [0, 0.05) is 18.3 Å². The van der Waals surface area contributed by atoms with E-state index in [2.05, 4.69) is 10.1 Å². The van der Waals surface area contributed by atoms with E-state index in [4.69, 9.17) is 0 Å². The second-order valence-corrected chi connectivity index (χ2v) is 5.94. The maximum atomic E-state index is 13.0. The maximum absolute atomic E-state index is 13.0. The maximum Gasteiger partial charge on any atom is 0.339 e. The van der Waals surface area contributed by atoms with Gasteiger partial charge in [-0.05, 0) is 29.8 Å². The molecule has 0 saturated heterocycles. The molecule has 0 atom stereocenters. The van der Waals surface area contributed by atoms with Crippen LogP contribution in [0.25, 0.3) is 0 Å². The van der Waals surface area contributed by atoms with Crippen molar-refractivity contribution in [3.05, 3.63) is 77.0 Å². The molecular weight excluding hydrogens is 323 g/mol. The van der Waals surface area contributed by atoms with Gasteiger partial charge in [0.1, 0.15) is 17.2 Å². The Morgan fingerprint density at radius 2 is 2.00 bits per heavy atom. The number of aromatic nitrogens is 3. The third-order valence-corrected chi connectivity index (χ3v) is 4.30. The van der Waals surface area contributed by atoms with Gasteiger partial charge in [0.15, 0.2) is 0 Å². The Morgan fingerprint density at radius 1 is 1.20 bits per heavy atom. The number of anilines is 1. The van der Waals surface area contributed by atoms with E-state index in [9.17, 15) is 14.3 Å². The van der Waals surface area contributed by atoms with Crippen LogP contribution in [0.3, 0.4) is 0 Å². The summed E-state index contributed by atoms with van der Waals surface area (Å²) in [5, 5.41) is 13.8. The van der Waals surface area contributed by atoms with Crippen LogP contribution in [0, 0.1) is 5.82 Å². The van der Waals surface area contributed by atoms with Crippen LogP contribution in [0.15, 0.2) is 48.8 Å². The van der Waals surface area contributed by atoms with Crippen LogP contribution in [0.1, 0.15) is 27.2 Å². The SMILES string of the molecule is O=C(O)c1cccnc1N1Cc2cnn(Cc3ccc(F)cc3)c2C1. The van der Waals surface area contributed by atoms with Crippen LogP contribution in [0.5, 0.6) is 0 Å². The first-order chi connectivity index (χ1) is 12.1. The minimum absolute atomic E-state index is 0.186. The predicted octanol–water partition coefficient (Wildman–Crippen LogP) is 2.68. The van der Waals surface area contributed by atoms with Crippen LogP contribution in [-0.2, 0) is 19.6 Å². The van der Waals surface area contributed by atoms with Crippen LogP contribution >= 0.6 is 0 Å². The molecule has 0 aliphatic carbocycles. The first kappa shape index (κ1) is 15.3. The largest absolute Gasteiger partial charge is 0.478 e. The molecule has 25 heavy (non-hydrogen) atoms. The van der Waals surface area contributed by atoms with Crippen molar-refractivity contribution in [2.75, 3.05) is 4.90 Å². The van der Waals surface area contributed by atoms with E-state index < -0.39 is 5.97 Å². The molecule has 2 aromatic heterocycles. The molecule has 126 valence electrons. The third kappa shape index (κ3) is 2.84. The first-order valence-corrected chi connectivity index (χ1v) is 7.83. The fourth-order valence-corrected chi connectivity index (χ4v) is 3.07. The molecule has 0 spiro atoms. The monoisotopic (exact) mass is 338 g/mol. The Morgan fingerprint density at radius 3 is 2.76 bits per heavy atom. The van der Waals surface area contributed by atoms with Crippen molar-refractivity contribution >= 4 is 11.8 Å². The van der Waals surface area contributed by atoms with Crippen LogP contribution < -0.4 is 4.90 Å². The zero-order valence-corrected chi connectivity index (χ0v) is 13.3. The number of hydrogen-bond donors (Lipinski definition) is 1. The number of carbonyl (C=O) groups is 1. The van der Waals surface area contributed by atoms with Gasteiger partial charge in [-0.25, -0.2) is 14.2 Å². The lowest BCUT2D eigenvalue weighted by molar-refractivity contribution is 0.0697. The number of benzene rings is 1. The molecule has 0 bridgehead atoms. The summed E-state index contributed by atoms with van der Waals surface area (Å²) in [6.07, 6.45) is 3.39. The topological polar surface area (TPSA) is 71.2 Å². The molecular formula is C18H15FN4O2. The molecule has 7 heteroatoms. The molecule has 4 rings (SSSR count). The molecule has 1 aliphatic rings. The minimum atomic E-state index is -0.994. The summed E-state index contributed by atoms with van der Waals surface area (Å²) in [5.74, 6) is -0.802. The normalized spacial score (nSPS) is 13.1. The summed E-state index contributed by atoms with van der Waals surface area (Å²) >= 11 is 0. The predicted molar refractivity (Wildman–Crippen MR) is 88.8 cm³/mol. The number of nitrogens with zero attached hydrogens (tertiary/aromatic N) is 4. The summed E-state index contributed by atoms with van der Waals surface area (Å²) in [6.45, 7) is 1.64. The second kappa shape index (κ2) is 6.01. The fourth-order valence-electron chi connectivity index (χ4n) is 3.07. The molecule has 0 amide bonds. The molecule has 1 N–H and O–H groups in total. The van der Waals surface area contributed by atoms with Crippen molar-refractivity contribution < 1.29 is 14.3 Å². The van der Waals surface area contributed by atoms with E-state index in [1.165, 1.54) is 12.1 Å². The van der Waals surface area contributed by atoms with Crippen molar-refractivity contribution in [2.45, 2.75) is 19.6 Å². The smallest absolute Gasteiger partial charge is 0.339 e. The molecule has 0 radical (unpaired) electrons. The van der Waals surface area contributed by atoms with E-state index in [0.717, 1.165) is 16.8 Å². The number of fused-ring (bicyclic) bond motifs is 1. The fraction of sp³-hybridized carbons (Fsp3) is 0.167. The number of carboxylic acids is 1. The lowest BCUT2D eigenvalue weighted by Crippen LogP contribution is -2.21. The van der Waals surface area contributed by atoms with Crippen LogP contribution in [-0.4, -0.2) is 25.8 Å². The van der Waals surface area contributed by atoms with Gasteiger partial charge in [0.2, 0.25) is 0 Å².